The summed E-state index contributed by atoms with van der Waals surface area (Å²) in [5.41, 5.74) is -1.17. The van der Waals surface area contributed by atoms with E-state index < -0.39 is 26.4 Å². The Labute approximate surface area is 198 Å². The first-order valence-corrected chi connectivity index (χ1v) is 12.2. The molecule has 0 aromatic carbocycles. The van der Waals surface area contributed by atoms with Crippen LogP contribution in [0.15, 0.2) is 51.4 Å². The molecule has 0 bridgehead atoms. The van der Waals surface area contributed by atoms with Crippen molar-refractivity contribution in [2.75, 3.05) is 0 Å². The van der Waals surface area contributed by atoms with E-state index in [1.807, 2.05) is 13.8 Å². The van der Waals surface area contributed by atoms with Gasteiger partial charge in [0.2, 0.25) is 0 Å². The summed E-state index contributed by atoms with van der Waals surface area (Å²) < 4.78 is 3.92. The van der Waals surface area contributed by atoms with E-state index >= 15 is 0 Å². The molecular weight excluding hydrogens is 447 g/mol. The summed E-state index contributed by atoms with van der Waals surface area (Å²) in [6, 6.07) is 3.09. The Bertz CT molecular complexity index is 1090. The molecule has 172 valence electrons. The minimum atomic E-state index is -1.21. The molecule has 4 nitrogen and oxygen atoms in total. The number of hydrogen-bond acceptors (Lipinski definition) is 4. The van der Waals surface area contributed by atoms with Gasteiger partial charge in [-0.2, -0.15) is 0 Å². The van der Waals surface area contributed by atoms with E-state index in [9.17, 15) is 14.7 Å². The number of carbonyl (C=O) groups excluding carboxylic acids is 1. The highest BCUT2D eigenvalue weighted by molar-refractivity contribution is 6.49. The van der Waals surface area contributed by atoms with Crippen LogP contribution in [0.3, 0.4) is 0 Å². The fraction of sp³-hybridized carbons (Fsp3) is 0.615. The lowest BCUT2D eigenvalue weighted by Gasteiger charge is -2.60. The number of alkyl halides is 2. The molecule has 0 radical (unpaired) electrons. The maximum absolute atomic E-state index is 12.7. The Morgan fingerprint density at radius 2 is 1.84 bits per heavy atom. The smallest absolute Gasteiger partial charge is 0.335 e. The Balaban J connectivity index is 1.63. The van der Waals surface area contributed by atoms with Gasteiger partial charge in [0.15, 0.2) is 5.78 Å². The van der Waals surface area contributed by atoms with Crippen LogP contribution in [0, 0.1) is 28.1 Å². The number of fused-ring (bicyclic) bond motifs is 5. The number of carbonyl (C=O) groups is 1. The predicted octanol–water partition coefficient (Wildman–Crippen LogP) is 5.57. The first-order chi connectivity index (χ1) is 14.8. The Morgan fingerprint density at radius 1 is 1.12 bits per heavy atom. The van der Waals surface area contributed by atoms with Crippen molar-refractivity contribution < 1.29 is 14.3 Å². The quantitative estimate of drug-likeness (QED) is 0.425. The second-order valence-corrected chi connectivity index (χ2v) is 12.9. The fourth-order valence-corrected chi connectivity index (χ4v) is 8.93. The highest BCUT2D eigenvalue weighted by atomic mass is 35.5. The first-order valence-electron chi connectivity index (χ1n) is 11.4. The maximum Gasteiger partial charge on any atom is 0.335 e. The molecule has 6 unspecified atom stereocenters. The largest absolute Gasteiger partial charge is 0.431 e. The second kappa shape index (κ2) is 6.61. The van der Waals surface area contributed by atoms with Gasteiger partial charge < -0.3 is 9.52 Å². The summed E-state index contributed by atoms with van der Waals surface area (Å²) in [6.45, 7) is 8.38. The van der Waals surface area contributed by atoms with E-state index in [1.165, 1.54) is 12.3 Å². The van der Waals surface area contributed by atoms with Gasteiger partial charge in [-0.25, -0.2) is 4.79 Å². The molecule has 1 heterocycles. The molecule has 4 aliphatic rings. The molecule has 1 aromatic heterocycles. The lowest BCUT2D eigenvalue weighted by atomic mass is 9.44. The van der Waals surface area contributed by atoms with E-state index in [0.29, 0.717) is 0 Å². The number of allylic oxidation sites excluding steroid dienone is 3. The molecular formula is C26H30Cl2O4. The topological polar surface area (TPSA) is 67.5 Å². The summed E-state index contributed by atoms with van der Waals surface area (Å²) in [6.07, 6.45) is 9.95. The van der Waals surface area contributed by atoms with Gasteiger partial charge in [0, 0.05) is 29.2 Å². The van der Waals surface area contributed by atoms with Crippen LogP contribution in [0.5, 0.6) is 0 Å². The molecule has 0 saturated heterocycles. The van der Waals surface area contributed by atoms with Crippen molar-refractivity contribution in [2.24, 2.45) is 28.1 Å². The third-order valence-electron chi connectivity index (χ3n) is 9.53. The van der Waals surface area contributed by atoms with Crippen LogP contribution in [0.4, 0.5) is 0 Å². The van der Waals surface area contributed by atoms with E-state index in [-0.39, 0.29) is 35.4 Å². The zero-order chi connectivity index (χ0) is 23.3. The minimum Gasteiger partial charge on any atom is -0.431 e. The van der Waals surface area contributed by atoms with E-state index in [4.69, 9.17) is 27.6 Å². The summed E-state index contributed by atoms with van der Waals surface area (Å²) in [4.78, 5) is 24.2. The molecule has 32 heavy (non-hydrogen) atoms. The van der Waals surface area contributed by atoms with Gasteiger partial charge in [-0.3, -0.25) is 4.79 Å². The van der Waals surface area contributed by atoms with Crippen molar-refractivity contribution in [1.29, 1.82) is 0 Å². The van der Waals surface area contributed by atoms with Crippen LogP contribution in [0.1, 0.15) is 64.9 Å². The van der Waals surface area contributed by atoms with Crippen LogP contribution in [-0.4, -0.2) is 20.8 Å². The van der Waals surface area contributed by atoms with Crippen molar-refractivity contribution in [2.45, 2.75) is 69.2 Å². The zero-order valence-corrected chi connectivity index (χ0v) is 20.5. The molecule has 4 aliphatic carbocycles. The third kappa shape index (κ3) is 2.66. The average molecular weight is 477 g/mol. The van der Waals surface area contributed by atoms with Crippen molar-refractivity contribution in [3.63, 3.8) is 0 Å². The highest BCUT2D eigenvalue weighted by Crippen LogP contribution is 2.73. The van der Waals surface area contributed by atoms with Gasteiger partial charge >= 0.3 is 5.63 Å². The normalized spacial score (nSPS) is 43.8. The van der Waals surface area contributed by atoms with Crippen LogP contribution < -0.4 is 5.63 Å². The van der Waals surface area contributed by atoms with Gasteiger partial charge in [0.1, 0.15) is 4.33 Å². The Morgan fingerprint density at radius 3 is 2.50 bits per heavy atom. The summed E-state index contributed by atoms with van der Waals surface area (Å²) >= 11 is 13.9. The van der Waals surface area contributed by atoms with Crippen molar-refractivity contribution in [3.8, 4) is 0 Å². The summed E-state index contributed by atoms with van der Waals surface area (Å²) in [5, 5.41) is 12.4. The number of aliphatic hydroxyl groups is 1. The zero-order valence-electron chi connectivity index (χ0n) is 19.0. The number of halogens is 2. The van der Waals surface area contributed by atoms with Crippen LogP contribution >= 0.6 is 23.2 Å². The summed E-state index contributed by atoms with van der Waals surface area (Å²) in [5.74, 6) is 0.0642. The standard InChI is InChI=1S/C26H30Cl2O4/c1-22(2)18-7-6-17-16(23(18,3)11-10-19(22)29)9-12-24(4)21(15-5-8-20(30)32-13-15)26(27,28)14-25(17,24)31/h5-6,8,10-11,13,16,18,21,31H,7,9,12,14H2,1-4H3. The molecule has 1 N–H and O–H groups in total. The van der Waals surface area contributed by atoms with Gasteiger partial charge in [-0.15, -0.1) is 23.2 Å². The van der Waals surface area contributed by atoms with Gasteiger partial charge in [0.05, 0.1) is 11.9 Å². The van der Waals surface area contributed by atoms with Gasteiger partial charge in [-0.05, 0) is 59.8 Å². The fourth-order valence-electron chi connectivity index (χ4n) is 7.81. The first kappa shape index (κ1) is 22.4. The highest BCUT2D eigenvalue weighted by Gasteiger charge is 2.72. The lowest BCUT2D eigenvalue weighted by molar-refractivity contribution is -0.132. The summed E-state index contributed by atoms with van der Waals surface area (Å²) in [7, 11) is 0. The molecule has 2 fully saturated rings. The van der Waals surface area contributed by atoms with Gasteiger partial charge in [0.25, 0.3) is 0 Å². The van der Waals surface area contributed by atoms with Crippen LogP contribution in [0.2, 0.25) is 0 Å². The van der Waals surface area contributed by atoms with Crippen molar-refractivity contribution in [3.05, 3.63) is 58.2 Å². The molecule has 1 aromatic rings. The minimum absolute atomic E-state index is 0.111. The average Bonchev–Trinajstić information content (AvgIpc) is 2.87. The molecule has 6 heteroatoms. The predicted molar refractivity (Wildman–Crippen MR) is 125 cm³/mol. The Hall–Kier alpha value is -1.36. The molecule has 5 rings (SSSR count). The molecule has 6 atom stereocenters. The molecule has 0 amide bonds. The number of hydrogen-bond donors (Lipinski definition) is 1. The number of rotatable bonds is 1. The van der Waals surface area contributed by atoms with E-state index in [2.05, 4.69) is 26.0 Å². The molecule has 0 spiro atoms. The third-order valence-corrected chi connectivity index (χ3v) is 10.2. The lowest BCUT2D eigenvalue weighted by Crippen LogP contribution is -2.58. The van der Waals surface area contributed by atoms with Crippen LogP contribution in [-0.2, 0) is 4.79 Å². The van der Waals surface area contributed by atoms with Gasteiger partial charge in [-0.1, -0.05) is 39.8 Å². The second-order valence-electron chi connectivity index (χ2n) is 11.4. The van der Waals surface area contributed by atoms with Crippen molar-refractivity contribution in [1.82, 2.24) is 0 Å². The van der Waals surface area contributed by atoms with Crippen LogP contribution in [0.25, 0.3) is 0 Å². The monoisotopic (exact) mass is 476 g/mol. The number of ketones is 1. The maximum atomic E-state index is 12.7. The van der Waals surface area contributed by atoms with Crippen molar-refractivity contribution >= 4 is 29.0 Å². The SMILES string of the molecule is CC1(C)C(=O)C=CC2(C)C3CCC4(C)C(c5ccc(=O)oc5)C(Cl)(Cl)CC4(O)C3=CCC12. The van der Waals surface area contributed by atoms with E-state index in [0.717, 1.165) is 30.4 Å². The molecule has 0 aliphatic heterocycles. The Kier molecular flexibility index (Phi) is 4.63. The molecule has 2 saturated carbocycles. The van der Waals surface area contributed by atoms with E-state index in [1.54, 1.807) is 12.1 Å².